The SMILES string of the molecule is CCCCN(c1ccccc1)c1cnc(CCl)cn1. The number of aromatic nitrogens is 2. The van der Waals surface area contributed by atoms with Gasteiger partial charge in [0.05, 0.1) is 24.0 Å². The van der Waals surface area contributed by atoms with E-state index in [1.807, 2.05) is 18.2 Å². The number of para-hydroxylation sites is 1. The van der Waals surface area contributed by atoms with Crippen LogP contribution < -0.4 is 4.90 Å². The molecule has 0 atom stereocenters. The zero-order valence-corrected chi connectivity index (χ0v) is 11.8. The Morgan fingerprint density at radius 1 is 1.11 bits per heavy atom. The highest BCUT2D eigenvalue weighted by Gasteiger charge is 2.10. The Morgan fingerprint density at radius 3 is 2.47 bits per heavy atom. The van der Waals surface area contributed by atoms with Crippen LogP contribution in [0.25, 0.3) is 0 Å². The molecule has 1 aromatic heterocycles. The lowest BCUT2D eigenvalue weighted by Crippen LogP contribution is -2.19. The number of anilines is 2. The Morgan fingerprint density at radius 2 is 1.89 bits per heavy atom. The number of benzene rings is 1. The summed E-state index contributed by atoms with van der Waals surface area (Å²) in [7, 11) is 0. The maximum absolute atomic E-state index is 5.74. The van der Waals surface area contributed by atoms with Crippen molar-refractivity contribution in [3.63, 3.8) is 0 Å². The minimum Gasteiger partial charge on any atom is -0.325 e. The minimum atomic E-state index is 0.396. The molecule has 4 heteroatoms. The van der Waals surface area contributed by atoms with E-state index < -0.39 is 0 Å². The highest BCUT2D eigenvalue weighted by atomic mass is 35.5. The topological polar surface area (TPSA) is 29.0 Å². The molecule has 1 heterocycles. The average molecular weight is 276 g/mol. The lowest BCUT2D eigenvalue weighted by Gasteiger charge is -2.23. The van der Waals surface area contributed by atoms with Gasteiger partial charge in [-0.15, -0.1) is 11.6 Å². The highest BCUT2D eigenvalue weighted by molar-refractivity contribution is 6.16. The first-order chi connectivity index (χ1) is 9.35. The van der Waals surface area contributed by atoms with Crippen LogP contribution in [0.15, 0.2) is 42.7 Å². The number of hydrogen-bond donors (Lipinski definition) is 0. The molecule has 2 aromatic rings. The van der Waals surface area contributed by atoms with Crippen molar-refractivity contribution >= 4 is 23.1 Å². The van der Waals surface area contributed by atoms with E-state index in [2.05, 4.69) is 33.9 Å². The normalized spacial score (nSPS) is 10.4. The molecule has 3 nitrogen and oxygen atoms in total. The molecule has 1 aromatic carbocycles. The minimum absolute atomic E-state index is 0.396. The van der Waals surface area contributed by atoms with Crippen LogP contribution in [-0.2, 0) is 5.88 Å². The van der Waals surface area contributed by atoms with Crippen molar-refractivity contribution < 1.29 is 0 Å². The van der Waals surface area contributed by atoms with Crippen molar-refractivity contribution in [2.24, 2.45) is 0 Å². The van der Waals surface area contributed by atoms with E-state index in [1.54, 1.807) is 12.4 Å². The van der Waals surface area contributed by atoms with Crippen LogP contribution in [0.2, 0.25) is 0 Å². The van der Waals surface area contributed by atoms with E-state index in [-0.39, 0.29) is 0 Å². The maximum atomic E-state index is 5.74. The second-order valence-corrected chi connectivity index (χ2v) is 4.61. The third-order valence-electron chi connectivity index (χ3n) is 2.91. The van der Waals surface area contributed by atoms with E-state index in [0.29, 0.717) is 5.88 Å². The van der Waals surface area contributed by atoms with Gasteiger partial charge in [-0.3, -0.25) is 4.98 Å². The summed E-state index contributed by atoms with van der Waals surface area (Å²) in [5.41, 5.74) is 1.94. The second-order valence-electron chi connectivity index (χ2n) is 4.34. The van der Waals surface area contributed by atoms with Gasteiger partial charge >= 0.3 is 0 Å². The summed E-state index contributed by atoms with van der Waals surface area (Å²) in [6.45, 7) is 3.13. The fourth-order valence-corrected chi connectivity index (χ4v) is 1.99. The Bertz CT molecular complexity index is 485. The number of halogens is 1. The van der Waals surface area contributed by atoms with Crippen LogP contribution in [-0.4, -0.2) is 16.5 Å². The van der Waals surface area contributed by atoms with Gasteiger partial charge in [0.2, 0.25) is 0 Å². The number of alkyl halides is 1. The van der Waals surface area contributed by atoms with Gasteiger partial charge in [-0.1, -0.05) is 31.5 Å². The maximum Gasteiger partial charge on any atom is 0.151 e. The van der Waals surface area contributed by atoms with Crippen molar-refractivity contribution in [1.82, 2.24) is 9.97 Å². The summed E-state index contributed by atoms with van der Waals surface area (Å²) in [5.74, 6) is 1.27. The Kier molecular flexibility index (Phi) is 5.16. The molecule has 0 fully saturated rings. The summed E-state index contributed by atoms with van der Waals surface area (Å²) in [6, 6.07) is 10.3. The molecule has 0 saturated carbocycles. The van der Waals surface area contributed by atoms with Crippen LogP contribution in [0.3, 0.4) is 0 Å². The molecule has 0 aliphatic rings. The van der Waals surface area contributed by atoms with E-state index in [1.165, 1.54) is 0 Å². The Labute approximate surface area is 119 Å². The third kappa shape index (κ3) is 3.67. The second kappa shape index (κ2) is 7.10. The molecule has 0 aliphatic carbocycles. The monoisotopic (exact) mass is 275 g/mol. The number of nitrogens with zero attached hydrogens (tertiary/aromatic N) is 3. The standard InChI is InChI=1S/C15H18ClN3/c1-2-3-9-19(14-7-5-4-6-8-14)15-12-17-13(10-16)11-18-15/h4-8,11-12H,2-3,9-10H2,1H3. The third-order valence-corrected chi connectivity index (χ3v) is 3.18. The van der Waals surface area contributed by atoms with E-state index in [0.717, 1.165) is 36.6 Å². The van der Waals surface area contributed by atoms with Crippen molar-refractivity contribution in [2.75, 3.05) is 11.4 Å². The van der Waals surface area contributed by atoms with Crippen molar-refractivity contribution in [1.29, 1.82) is 0 Å². The largest absolute Gasteiger partial charge is 0.325 e. The van der Waals surface area contributed by atoms with Crippen LogP contribution in [0, 0.1) is 0 Å². The first-order valence-corrected chi connectivity index (χ1v) is 7.08. The lowest BCUT2D eigenvalue weighted by atomic mass is 10.2. The smallest absolute Gasteiger partial charge is 0.151 e. The zero-order chi connectivity index (χ0) is 13.5. The van der Waals surface area contributed by atoms with Crippen molar-refractivity contribution in [3.05, 3.63) is 48.4 Å². The molecule has 2 rings (SSSR count). The van der Waals surface area contributed by atoms with E-state index >= 15 is 0 Å². The van der Waals surface area contributed by atoms with Crippen LogP contribution in [0.4, 0.5) is 11.5 Å². The number of hydrogen-bond acceptors (Lipinski definition) is 3. The predicted molar refractivity (Wildman–Crippen MR) is 79.9 cm³/mol. The van der Waals surface area contributed by atoms with Gasteiger partial charge < -0.3 is 4.90 Å². The molecular weight excluding hydrogens is 258 g/mol. The summed E-state index contributed by atoms with van der Waals surface area (Å²) in [6.07, 6.45) is 5.80. The Balaban J connectivity index is 2.26. The van der Waals surface area contributed by atoms with Crippen LogP contribution in [0.1, 0.15) is 25.5 Å². The molecule has 0 radical (unpaired) electrons. The molecule has 0 N–H and O–H groups in total. The zero-order valence-electron chi connectivity index (χ0n) is 11.1. The molecule has 0 aliphatic heterocycles. The first kappa shape index (κ1) is 13.8. The molecule has 0 unspecified atom stereocenters. The van der Waals surface area contributed by atoms with E-state index in [9.17, 15) is 0 Å². The van der Waals surface area contributed by atoms with Crippen molar-refractivity contribution in [3.8, 4) is 0 Å². The fraction of sp³-hybridized carbons (Fsp3) is 0.333. The summed E-state index contributed by atoms with van der Waals surface area (Å²) >= 11 is 5.74. The molecule has 19 heavy (non-hydrogen) atoms. The first-order valence-electron chi connectivity index (χ1n) is 6.54. The molecule has 0 amide bonds. The van der Waals surface area contributed by atoms with Gasteiger partial charge in [-0.25, -0.2) is 4.98 Å². The quantitative estimate of drug-likeness (QED) is 0.742. The van der Waals surface area contributed by atoms with E-state index in [4.69, 9.17) is 11.6 Å². The van der Waals surface area contributed by atoms with Gasteiger partial charge in [0.1, 0.15) is 0 Å². The van der Waals surface area contributed by atoms with Gasteiger partial charge in [0.25, 0.3) is 0 Å². The molecule has 0 saturated heterocycles. The molecule has 100 valence electrons. The van der Waals surface area contributed by atoms with Crippen LogP contribution >= 0.6 is 11.6 Å². The van der Waals surface area contributed by atoms with Crippen LogP contribution in [0.5, 0.6) is 0 Å². The summed E-state index contributed by atoms with van der Waals surface area (Å²) in [5, 5.41) is 0. The summed E-state index contributed by atoms with van der Waals surface area (Å²) < 4.78 is 0. The van der Waals surface area contributed by atoms with Crippen molar-refractivity contribution in [2.45, 2.75) is 25.6 Å². The predicted octanol–water partition coefficient (Wildman–Crippen LogP) is 4.15. The van der Waals surface area contributed by atoms with Gasteiger partial charge in [-0.05, 0) is 18.6 Å². The fourth-order valence-electron chi connectivity index (χ4n) is 1.86. The van der Waals surface area contributed by atoms with Gasteiger partial charge in [0, 0.05) is 12.2 Å². The van der Waals surface area contributed by atoms with Gasteiger partial charge in [-0.2, -0.15) is 0 Å². The summed E-state index contributed by atoms with van der Waals surface area (Å²) in [4.78, 5) is 11.0. The molecule has 0 bridgehead atoms. The number of rotatable bonds is 6. The molecular formula is C15H18ClN3. The lowest BCUT2D eigenvalue weighted by molar-refractivity contribution is 0.777. The molecule has 0 spiro atoms. The number of unbranched alkanes of at least 4 members (excludes halogenated alkanes) is 1. The Hall–Kier alpha value is -1.61. The van der Waals surface area contributed by atoms with Gasteiger partial charge in [0.15, 0.2) is 5.82 Å². The highest BCUT2D eigenvalue weighted by Crippen LogP contribution is 2.23. The average Bonchev–Trinajstić information content (AvgIpc) is 2.49.